The highest BCUT2D eigenvalue weighted by atomic mass is 19.1. The first-order chi connectivity index (χ1) is 7.33. The van der Waals surface area contributed by atoms with Gasteiger partial charge in [0, 0.05) is 13.0 Å². The average molecular weight is 205 g/mol. The Labute approximate surface area is 86.7 Å². The van der Waals surface area contributed by atoms with Gasteiger partial charge in [0.1, 0.15) is 12.0 Å². The summed E-state index contributed by atoms with van der Waals surface area (Å²) in [6.07, 6.45) is -0.233. The molecule has 0 amide bonds. The minimum absolute atomic E-state index is 0.0346. The molecule has 3 rings (SSSR count). The Balaban J connectivity index is 1.98. The molecule has 1 aliphatic rings. The fraction of sp³-hybridized carbons (Fsp3) is 0.364. The third-order valence-corrected chi connectivity index (χ3v) is 2.81. The van der Waals surface area contributed by atoms with Crippen LogP contribution in [0.3, 0.4) is 0 Å². The van der Waals surface area contributed by atoms with E-state index < -0.39 is 6.17 Å². The summed E-state index contributed by atoms with van der Waals surface area (Å²) in [4.78, 5) is 7.66. The van der Waals surface area contributed by atoms with Crippen molar-refractivity contribution in [2.24, 2.45) is 0 Å². The van der Waals surface area contributed by atoms with Crippen LogP contribution in [-0.4, -0.2) is 22.7 Å². The van der Waals surface area contributed by atoms with Gasteiger partial charge in [0.25, 0.3) is 0 Å². The van der Waals surface area contributed by atoms with Crippen LogP contribution in [0.25, 0.3) is 11.0 Å². The van der Waals surface area contributed by atoms with Crippen LogP contribution in [0, 0.1) is 0 Å². The zero-order valence-corrected chi connectivity index (χ0v) is 8.20. The molecule has 4 heteroatoms. The lowest BCUT2D eigenvalue weighted by atomic mass is 10.2. The van der Waals surface area contributed by atoms with Crippen molar-refractivity contribution in [3.05, 3.63) is 30.1 Å². The third kappa shape index (κ3) is 1.51. The molecule has 2 aromatic rings. The standard InChI is InChI=1S/C11H12FN3/c12-7-5-10(13-6-7)11-14-8-3-1-2-4-9(8)15-11/h1-4,7,10,13H,5-6H2,(H,14,15)/t7-,10-/m0/s1. The number of nitrogens with zero attached hydrogens (tertiary/aromatic N) is 1. The Kier molecular flexibility index (Phi) is 1.95. The van der Waals surface area contributed by atoms with Crippen molar-refractivity contribution in [1.82, 2.24) is 15.3 Å². The SMILES string of the molecule is F[C@@H]1CN[C@H](c2nc3ccccc3[nH]2)C1. The van der Waals surface area contributed by atoms with E-state index in [1.807, 2.05) is 24.3 Å². The molecule has 1 saturated heterocycles. The number of hydrogen-bond acceptors (Lipinski definition) is 2. The predicted octanol–water partition coefficient (Wildman–Crippen LogP) is 1.94. The molecule has 2 atom stereocenters. The summed E-state index contributed by atoms with van der Waals surface area (Å²) in [6.45, 7) is 0.432. The second kappa shape index (κ2) is 3.31. The Morgan fingerprint density at radius 2 is 2.20 bits per heavy atom. The summed E-state index contributed by atoms with van der Waals surface area (Å²) in [5.74, 6) is 0.844. The van der Waals surface area contributed by atoms with Crippen LogP contribution in [0.15, 0.2) is 24.3 Å². The summed E-state index contributed by atoms with van der Waals surface area (Å²) in [5, 5.41) is 3.11. The molecule has 1 aromatic carbocycles. The topological polar surface area (TPSA) is 40.7 Å². The zero-order chi connectivity index (χ0) is 10.3. The van der Waals surface area contributed by atoms with Crippen LogP contribution in [-0.2, 0) is 0 Å². The summed E-state index contributed by atoms with van der Waals surface area (Å²) >= 11 is 0. The average Bonchev–Trinajstić information content (AvgIpc) is 2.82. The van der Waals surface area contributed by atoms with Gasteiger partial charge in [0.2, 0.25) is 0 Å². The number of imidazole rings is 1. The highest BCUT2D eigenvalue weighted by molar-refractivity contribution is 5.74. The first-order valence-electron chi connectivity index (χ1n) is 5.15. The smallest absolute Gasteiger partial charge is 0.124 e. The normalized spacial score (nSPS) is 26.2. The van der Waals surface area contributed by atoms with Crippen LogP contribution < -0.4 is 5.32 Å². The maximum absolute atomic E-state index is 13.0. The van der Waals surface area contributed by atoms with Gasteiger partial charge in [-0.2, -0.15) is 0 Å². The number of aromatic nitrogens is 2. The lowest BCUT2D eigenvalue weighted by Crippen LogP contribution is -2.14. The minimum Gasteiger partial charge on any atom is -0.341 e. The third-order valence-electron chi connectivity index (χ3n) is 2.81. The summed E-state index contributed by atoms with van der Waals surface area (Å²) in [6, 6.07) is 7.88. The minimum atomic E-state index is -0.747. The van der Waals surface area contributed by atoms with Gasteiger partial charge in [-0.25, -0.2) is 9.37 Å². The molecule has 0 unspecified atom stereocenters. The van der Waals surface area contributed by atoms with Crippen LogP contribution in [0.5, 0.6) is 0 Å². The van der Waals surface area contributed by atoms with Crippen molar-refractivity contribution in [3.63, 3.8) is 0 Å². The number of nitrogens with one attached hydrogen (secondary N) is 2. The van der Waals surface area contributed by atoms with Gasteiger partial charge in [-0.1, -0.05) is 12.1 Å². The second-order valence-corrected chi connectivity index (χ2v) is 3.93. The number of rotatable bonds is 1. The van der Waals surface area contributed by atoms with E-state index in [1.165, 1.54) is 0 Å². The summed E-state index contributed by atoms with van der Waals surface area (Å²) < 4.78 is 13.0. The van der Waals surface area contributed by atoms with E-state index in [0.29, 0.717) is 13.0 Å². The molecule has 0 aliphatic carbocycles. The van der Waals surface area contributed by atoms with E-state index in [9.17, 15) is 4.39 Å². The van der Waals surface area contributed by atoms with Crippen molar-refractivity contribution in [1.29, 1.82) is 0 Å². The lowest BCUT2D eigenvalue weighted by Gasteiger charge is -2.04. The number of para-hydroxylation sites is 2. The molecule has 3 nitrogen and oxygen atoms in total. The first kappa shape index (κ1) is 8.85. The fourth-order valence-electron chi connectivity index (χ4n) is 2.04. The van der Waals surface area contributed by atoms with Gasteiger partial charge in [-0.15, -0.1) is 0 Å². The monoisotopic (exact) mass is 205 g/mol. The Morgan fingerprint density at radius 1 is 1.33 bits per heavy atom. The van der Waals surface area contributed by atoms with Gasteiger partial charge < -0.3 is 10.3 Å². The fourth-order valence-corrected chi connectivity index (χ4v) is 2.04. The quantitative estimate of drug-likeness (QED) is 0.747. The summed E-state index contributed by atoms with van der Waals surface area (Å²) in [5.41, 5.74) is 1.95. The molecular weight excluding hydrogens is 193 g/mol. The van der Waals surface area contributed by atoms with Crippen molar-refractivity contribution < 1.29 is 4.39 Å². The van der Waals surface area contributed by atoms with E-state index >= 15 is 0 Å². The van der Waals surface area contributed by atoms with Crippen molar-refractivity contribution in [2.75, 3.05) is 6.54 Å². The van der Waals surface area contributed by atoms with Gasteiger partial charge in [-0.05, 0) is 12.1 Å². The molecule has 1 aliphatic heterocycles. The molecule has 1 aromatic heterocycles. The molecular formula is C11H12FN3. The number of fused-ring (bicyclic) bond motifs is 1. The number of alkyl halides is 1. The van der Waals surface area contributed by atoms with E-state index in [0.717, 1.165) is 16.9 Å². The van der Waals surface area contributed by atoms with Gasteiger partial charge in [0.05, 0.1) is 17.1 Å². The Hall–Kier alpha value is -1.42. The number of halogens is 1. The zero-order valence-electron chi connectivity index (χ0n) is 8.20. The number of H-pyrrole nitrogens is 1. The molecule has 78 valence electrons. The van der Waals surface area contributed by atoms with Crippen molar-refractivity contribution in [3.8, 4) is 0 Å². The molecule has 0 saturated carbocycles. The van der Waals surface area contributed by atoms with Crippen molar-refractivity contribution in [2.45, 2.75) is 18.6 Å². The van der Waals surface area contributed by atoms with E-state index in [-0.39, 0.29) is 6.04 Å². The van der Waals surface area contributed by atoms with Gasteiger partial charge >= 0.3 is 0 Å². The van der Waals surface area contributed by atoms with Crippen LogP contribution >= 0.6 is 0 Å². The van der Waals surface area contributed by atoms with Crippen LogP contribution in [0.2, 0.25) is 0 Å². The number of hydrogen-bond donors (Lipinski definition) is 2. The molecule has 0 radical (unpaired) electrons. The number of benzene rings is 1. The van der Waals surface area contributed by atoms with E-state index in [1.54, 1.807) is 0 Å². The van der Waals surface area contributed by atoms with Crippen LogP contribution in [0.4, 0.5) is 4.39 Å². The Bertz CT molecular complexity index is 446. The van der Waals surface area contributed by atoms with Gasteiger partial charge in [-0.3, -0.25) is 0 Å². The maximum atomic E-state index is 13.0. The molecule has 0 spiro atoms. The first-order valence-corrected chi connectivity index (χ1v) is 5.15. The molecule has 2 N–H and O–H groups in total. The summed E-state index contributed by atoms with van der Waals surface area (Å²) in [7, 11) is 0. The van der Waals surface area contributed by atoms with E-state index in [4.69, 9.17) is 0 Å². The molecule has 15 heavy (non-hydrogen) atoms. The van der Waals surface area contributed by atoms with Crippen LogP contribution in [0.1, 0.15) is 18.3 Å². The van der Waals surface area contributed by atoms with Crippen molar-refractivity contribution >= 4 is 11.0 Å². The Morgan fingerprint density at radius 3 is 2.93 bits per heavy atom. The molecule has 2 heterocycles. The predicted molar refractivity (Wildman–Crippen MR) is 56.4 cm³/mol. The highest BCUT2D eigenvalue weighted by Crippen LogP contribution is 2.24. The maximum Gasteiger partial charge on any atom is 0.124 e. The largest absolute Gasteiger partial charge is 0.341 e. The van der Waals surface area contributed by atoms with E-state index in [2.05, 4.69) is 15.3 Å². The second-order valence-electron chi connectivity index (χ2n) is 3.93. The number of aromatic amines is 1. The highest BCUT2D eigenvalue weighted by Gasteiger charge is 2.26. The molecule has 1 fully saturated rings. The van der Waals surface area contributed by atoms with Gasteiger partial charge in [0.15, 0.2) is 0 Å². The molecule has 0 bridgehead atoms. The lowest BCUT2D eigenvalue weighted by molar-refractivity contribution is 0.355.